The maximum Gasteiger partial charge on any atom is 0.337 e. The van der Waals surface area contributed by atoms with Crippen LogP contribution < -0.4 is 0 Å². The molecule has 0 aliphatic carbocycles. The molecule has 2 fully saturated rings. The third-order valence-corrected chi connectivity index (χ3v) is 7.94. The third kappa shape index (κ3) is 5.91. The highest BCUT2D eigenvalue weighted by atomic mass is 28.4. The predicted octanol–water partition coefficient (Wildman–Crippen LogP) is 2.86. The Hall–Kier alpha value is 0.0569. The minimum atomic E-state index is -1.93. The first kappa shape index (κ1) is 15.4. The van der Waals surface area contributed by atoms with Gasteiger partial charge in [-0.2, -0.15) is 0 Å². The molecule has 0 amide bonds. The van der Waals surface area contributed by atoms with Gasteiger partial charge in [0.25, 0.3) is 0 Å². The van der Waals surface area contributed by atoms with Crippen LogP contribution in [0.25, 0.3) is 0 Å². The second kappa shape index (κ2) is 7.74. The van der Waals surface area contributed by atoms with Gasteiger partial charge < -0.3 is 18.3 Å². The van der Waals surface area contributed by atoms with Crippen molar-refractivity contribution in [3.05, 3.63) is 0 Å². The first-order valence-electron chi connectivity index (χ1n) is 7.61. The molecule has 0 aromatic carbocycles. The highest BCUT2D eigenvalue weighted by Gasteiger charge is 2.34. The lowest BCUT2D eigenvalue weighted by Gasteiger charge is -2.27. The fraction of sp³-hybridized carbons (Fsp3) is 1.00. The van der Waals surface area contributed by atoms with Crippen LogP contribution in [-0.4, -0.2) is 48.2 Å². The van der Waals surface area contributed by atoms with Gasteiger partial charge in [0.15, 0.2) is 0 Å². The van der Waals surface area contributed by atoms with E-state index in [0.29, 0.717) is 12.2 Å². The summed E-state index contributed by atoms with van der Waals surface area (Å²) >= 11 is 0. The van der Waals surface area contributed by atoms with Gasteiger partial charge in [0, 0.05) is 14.2 Å². The van der Waals surface area contributed by atoms with E-state index in [1.54, 1.807) is 0 Å². The Morgan fingerprint density at radius 3 is 1.58 bits per heavy atom. The largest absolute Gasteiger partial charge is 0.398 e. The van der Waals surface area contributed by atoms with Crippen molar-refractivity contribution in [2.24, 2.45) is 0 Å². The van der Waals surface area contributed by atoms with Crippen LogP contribution in [0.4, 0.5) is 0 Å². The number of ether oxygens (including phenoxy) is 2. The number of unbranched alkanes of at least 4 members (excludes halogenated alkanes) is 2. The molecule has 112 valence electrons. The molecule has 0 aromatic rings. The zero-order valence-corrected chi connectivity index (χ0v) is 13.4. The lowest BCUT2D eigenvalue weighted by molar-refractivity contribution is 0.237. The summed E-state index contributed by atoms with van der Waals surface area (Å²) in [5.41, 5.74) is 0. The van der Waals surface area contributed by atoms with Crippen LogP contribution in [0.2, 0.25) is 12.1 Å². The maximum atomic E-state index is 5.79. The van der Waals surface area contributed by atoms with E-state index in [1.807, 2.05) is 14.2 Å². The Labute approximate surface area is 118 Å². The fourth-order valence-corrected chi connectivity index (χ4v) is 5.43. The highest BCUT2D eigenvalue weighted by Crippen LogP contribution is 2.27. The van der Waals surface area contributed by atoms with Gasteiger partial charge in [-0.3, -0.25) is 0 Å². The van der Waals surface area contributed by atoms with E-state index in [9.17, 15) is 0 Å². The number of hydrogen-bond acceptors (Lipinski definition) is 4. The Morgan fingerprint density at radius 2 is 1.26 bits per heavy atom. The van der Waals surface area contributed by atoms with Gasteiger partial charge in [-0.15, -0.1) is 0 Å². The van der Waals surface area contributed by atoms with Crippen molar-refractivity contribution in [3.8, 4) is 0 Å². The van der Waals surface area contributed by atoms with Gasteiger partial charge in [0.2, 0.25) is 0 Å². The topological polar surface area (TPSA) is 43.5 Å². The van der Waals surface area contributed by atoms with Crippen LogP contribution in [0.15, 0.2) is 0 Å². The van der Waals surface area contributed by atoms with E-state index < -0.39 is 8.56 Å². The van der Waals surface area contributed by atoms with E-state index in [2.05, 4.69) is 0 Å². The highest BCUT2D eigenvalue weighted by molar-refractivity contribution is 6.67. The minimum absolute atomic E-state index is 0.555. The van der Waals surface area contributed by atoms with E-state index in [1.165, 1.54) is 38.5 Å². The molecule has 0 spiro atoms. The second-order valence-corrected chi connectivity index (χ2v) is 9.36. The van der Waals surface area contributed by atoms with E-state index in [-0.39, 0.29) is 0 Å². The summed E-state index contributed by atoms with van der Waals surface area (Å²) in [5, 5.41) is 0. The molecule has 4 nitrogen and oxygen atoms in total. The van der Waals surface area contributed by atoms with Crippen LogP contribution in [0.3, 0.4) is 0 Å². The SMILES string of the molecule is CO[Si](CCCCC1CO1)(CCCCC1CO1)OC. The smallest absolute Gasteiger partial charge is 0.337 e. The normalized spacial score (nSPS) is 25.6. The molecule has 2 rings (SSSR count). The van der Waals surface area contributed by atoms with Gasteiger partial charge in [-0.1, -0.05) is 25.7 Å². The summed E-state index contributed by atoms with van der Waals surface area (Å²) in [5.74, 6) is 0. The maximum absolute atomic E-state index is 5.79. The Kier molecular flexibility index (Phi) is 6.29. The van der Waals surface area contributed by atoms with Crippen molar-refractivity contribution in [2.45, 2.75) is 62.8 Å². The van der Waals surface area contributed by atoms with E-state index in [4.69, 9.17) is 18.3 Å². The number of rotatable bonds is 12. The predicted molar refractivity (Wildman–Crippen MR) is 76.6 cm³/mol. The van der Waals surface area contributed by atoms with E-state index >= 15 is 0 Å². The summed E-state index contributed by atoms with van der Waals surface area (Å²) < 4.78 is 22.0. The summed E-state index contributed by atoms with van der Waals surface area (Å²) in [7, 11) is 1.72. The van der Waals surface area contributed by atoms with Gasteiger partial charge >= 0.3 is 8.56 Å². The summed E-state index contributed by atoms with van der Waals surface area (Å²) in [4.78, 5) is 0. The summed E-state index contributed by atoms with van der Waals surface area (Å²) in [6.07, 6.45) is 8.41. The monoisotopic (exact) mass is 288 g/mol. The molecule has 0 saturated carbocycles. The molecule has 2 saturated heterocycles. The standard InChI is InChI=1S/C14H28O4Si/c1-15-19(16-2,9-5-3-7-13-11-17-13)10-6-4-8-14-12-18-14/h13-14H,3-12H2,1-2H3. The molecule has 0 bridgehead atoms. The molecule has 2 atom stereocenters. The third-order valence-electron chi connectivity index (χ3n) is 4.22. The molecule has 0 aromatic heterocycles. The molecule has 2 aliphatic rings. The zero-order valence-electron chi connectivity index (χ0n) is 12.4. The lowest BCUT2D eigenvalue weighted by Crippen LogP contribution is -2.39. The zero-order chi connectivity index (χ0) is 13.6. The van der Waals surface area contributed by atoms with Crippen molar-refractivity contribution in [1.82, 2.24) is 0 Å². The summed E-state index contributed by atoms with van der Waals surface area (Å²) in [6.45, 7) is 1.95. The minimum Gasteiger partial charge on any atom is -0.398 e. The quantitative estimate of drug-likeness (QED) is 0.315. The van der Waals surface area contributed by atoms with Crippen LogP contribution in [0.1, 0.15) is 38.5 Å². The van der Waals surface area contributed by atoms with Gasteiger partial charge in [-0.25, -0.2) is 0 Å². The molecule has 19 heavy (non-hydrogen) atoms. The first-order valence-corrected chi connectivity index (χ1v) is 9.84. The Bertz CT molecular complexity index is 228. The van der Waals surface area contributed by atoms with Crippen LogP contribution in [0, 0.1) is 0 Å². The van der Waals surface area contributed by atoms with Crippen molar-refractivity contribution in [2.75, 3.05) is 27.4 Å². The molecule has 0 N–H and O–H groups in total. The fourth-order valence-electron chi connectivity index (χ4n) is 2.62. The molecule has 5 heteroatoms. The number of hydrogen-bond donors (Lipinski definition) is 0. The Morgan fingerprint density at radius 1 is 0.842 bits per heavy atom. The molecule has 2 unspecified atom stereocenters. The van der Waals surface area contributed by atoms with Gasteiger partial charge in [0.1, 0.15) is 0 Å². The average molecular weight is 288 g/mol. The molecular formula is C14H28O4Si. The molecule has 0 radical (unpaired) electrons. The molecule has 2 heterocycles. The lowest BCUT2D eigenvalue weighted by atomic mass is 10.2. The molecular weight excluding hydrogens is 260 g/mol. The van der Waals surface area contributed by atoms with Gasteiger partial charge in [-0.05, 0) is 24.9 Å². The molecule has 2 aliphatic heterocycles. The van der Waals surface area contributed by atoms with E-state index in [0.717, 1.165) is 25.3 Å². The second-order valence-electron chi connectivity index (χ2n) is 5.72. The average Bonchev–Trinajstić information content (AvgIpc) is 3.31. The van der Waals surface area contributed by atoms with Crippen LogP contribution in [0.5, 0.6) is 0 Å². The van der Waals surface area contributed by atoms with Crippen molar-refractivity contribution >= 4 is 8.56 Å². The first-order chi connectivity index (χ1) is 9.28. The van der Waals surface area contributed by atoms with Crippen molar-refractivity contribution in [1.29, 1.82) is 0 Å². The van der Waals surface area contributed by atoms with Crippen LogP contribution >= 0.6 is 0 Å². The van der Waals surface area contributed by atoms with Crippen molar-refractivity contribution in [3.63, 3.8) is 0 Å². The summed E-state index contributed by atoms with van der Waals surface area (Å²) in [6, 6.07) is 2.24. The Balaban J connectivity index is 1.58. The van der Waals surface area contributed by atoms with Crippen molar-refractivity contribution < 1.29 is 18.3 Å². The van der Waals surface area contributed by atoms with Gasteiger partial charge in [0.05, 0.1) is 25.4 Å². The van der Waals surface area contributed by atoms with Crippen LogP contribution in [-0.2, 0) is 18.3 Å². The number of epoxide rings is 2.